The summed E-state index contributed by atoms with van der Waals surface area (Å²) in [4.78, 5) is 36.2. The van der Waals surface area contributed by atoms with Crippen molar-refractivity contribution < 1.29 is 40.4 Å². The van der Waals surface area contributed by atoms with E-state index in [9.17, 15) is 31.6 Å². The summed E-state index contributed by atoms with van der Waals surface area (Å²) in [7, 11) is -5.21. The van der Waals surface area contributed by atoms with Crippen LogP contribution in [0.25, 0.3) is 0 Å². The Kier molecular flexibility index (Phi) is 4.89. The van der Waals surface area contributed by atoms with E-state index in [-0.39, 0.29) is 5.06 Å². The largest absolute Gasteiger partial charge is 0.418 e. The standard InChI is InChI=1S/C11H16F2N4O7S/c1-5(2)8(18)14-15-9(19)6-3-11(12,13)7-4-16(6)10(20)17(7)24-25(21,22)23/h5-7H,3-4H2,1-2H3,(H,14,18)(H,15,19)(H,21,22,23). The van der Waals surface area contributed by atoms with Crippen molar-refractivity contribution in [2.45, 2.75) is 38.3 Å². The zero-order valence-corrected chi connectivity index (χ0v) is 13.9. The second-order valence-corrected chi connectivity index (χ2v) is 6.90. The lowest BCUT2D eigenvalue weighted by molar-refractivity contribution is -0.154. The number of hydroxylamine groups is 2. The Hall–Kier alpha value is -2.06. The number of fused-ring (bicyclic) bond motifs is 2. The molecule has 0 spiro atoms. The van der Waals surface area contributed by atoms with Crippen LogP contribution in [-0.2, 0) is 24.3 Å². The minimum absolute atomic E-state index is 0.171. The Bertz CT molecular complexity index is 699. The highest BCUT2D eigenvalue weighted by Crippen LogP contribution is 2.40. The molecule has 4 amide bonds. The molecule has 3 N–H and O–H groups in total. The van der Waals surface area contributed by atoms with Crippen LogP contribution >= 0.6 is 0 Å². The SMILES string of the molecule is CC(C)C(=O)NNC(=O)C1CC(F)(F)C2CN1C(=O)N2OS(=O)(=O)O. The van der Waals surface area contributed by atoms with Gasteiger partial charge in [-0.1, -0.05) is 13.8 Å². The molecular formula is C11H16F2N4O7S. The maximum absolute atomic E-state index is 14.2. The first-order valence-corrected chi connectivity index (χ1v) is 8.44. The van der Waals surface area contributed by atoms with E-state index >= 15 is 0 Å². The van der Waals surface area contributed by atoms with Gasteiger partial charge in [0.1, 0.15) is 12.1 Å². The van der Waals surface area contributed by atoms with Crippen LogP contribution in [0, 0.1) is 5.92 Å². The number of alkyl halides is 2. The maximum atomic E-state index is 14.2. The van der Waals surface area contributed by atoms with Crippen LogP contribution in [0.5, 0.6) is 0 Å². The summed E-state index contributed by atoms with van der Waals surface area (Å²) in [5, 5.41) is -0.171. The number of piperidine rings is 1. The third-order valence-corrected chi connectivity index (χ3v) is 4.08. The van der Waals surface area contributed by atoms with Crippen LogP contribution in [0.2, 0.25) is 0 Å². The molecule has 11 nitrogen and oxygen atoms in total. The Morgan fingerprint density at radius 1 is 1.36 bits per heavy atom. The van der Waals surface area contributed by atoms with E-state index < -0.39 is 65.1 Å². The van der Waals surface area contributed by atoms with Gasteiger partial charge in [0.25, 0.3) is 11.8 Å². The number of hydrazine groups is 1. The Morgan fingerprint density at radius 2 is 1.96 bits per heavy atom. The number of hydrogen-bond acceptors (Lipinski definition) is 6. The lowest BCUT2D eigenvalue weighted by atomic mass is 9.96. The minimum Gasteiger partial charge on any atom is -0.308 e. The quantitative estimate of drug-likeness (QED) is 0.417. The maximum Gasteiger partial charge on any atom is 0.418 e. The van der Waals surface area contributed by atoms with E-state index in [1.807, 2.05) is 10.9 Å². The molecule has 2 fully saturated rings. The molecule has 2 heterocycles. The van der Waals surface area contributed by atoms with E-state index in [0.717, 1.165) is 0 Å². The number of carbonyl (C=O) groups excluding carboxylic acids is 3. The first-order chi connectivity index (χ1) is 11.3. The lowest BCUT2D eigenvalue weighted by Gasteiger charge is -2.34. The van der Waals surface area contributed by atoms with Crippen LogP contribution in [0.15, 0.2) is 0 Å². The van der Waals surface area contributed by atoms with Crippen molar-refractivity contribution in [1.29, 1.82) is 0 Å². The Balaban J connectivity index is 2.17. The van der Waals surface area contributed by atoms with Gasteiger partial charge in [-0.05, 0) is 0 Å². The van der Waals surface area contributed by atoms with Crippen LogP contribution in [0.3, 0.4) is 0 Å². The fraction of sp³-hybridized carbons (Fsp3) is 0.727. The first kappa shape index (κ1) is 19.3. The molecular weight excluding hydrogens is 370 g/mol. The van der Waals surface area contributed by atoms with E-state index in [4.69, 9.17) is 4.55 Å². The van der Waals surface area contributed by atoms with Crippen LogP contribution in [-0.4, -0.2) is 65.3 Å². The van der Waals surface area contributed by atoms with Crippen LogP contribution in [0.4, 0.5) is 13.6 Å². The number of rotatable bonds is 4. The number of nitrogens with one attached hydrogen (secondary N) is 2. The number of amides is 4. The highest BCUT2D eigenvalue weighted by molar-refractivity contribution is 7.80. The number of halogens is 2. The van der Waals surface area contributed by atoms with Gasteiger partial charge in [-0.25, -0.2) is 13.6 Å². The van der Waals surface area contributed by atoms with Crippen molar-refractivity contribution in [3.8, 4) is 0 Å². The monoisotopic (exact) mass is 386 g/mol. The molecule has 2 bridgehead atoms. The van der Waals surface area contributed by atoms with Gasteiger partial charge in [-0.3, -0.25) is 25.0 Å². The molecule has 25 heavy (non-hydrogen) atoms. The molecule has 0 aliphatic carbocycles. The molecule has 142 valence electrons. The van der Waals surface area contributed by atoms with E-state index in [2.05, 4.69) is 4.28 Å². The molecule has 0 aromatic carbocycles. The molecule has 14 heteroatoms. The van der Waals surface area contributed by atoms with Gasteiger partial charge in [0, 0.05) is 12.3 Å². The van der Waals surface area contributed by atoms with Crippen molar-refractivity contribution in [1.82, 2.24) is 20.8 Å². The summed E-state index contributed by atoms with van der Waals surface area (Å²) in [6, 6.07) is -4.98. The van der Waals surface area contributed by atoms with Crippen molar-refractivity contribution >= 4 is 28.2 Å². The third kappa shape index (κ3) is 3.96. The zero-order chi connectivity index (χ0) is 19.2. The predicted molar refractivity (Wildman–Crippen MR) is 74.8 cm³/mol. The highest BCUT2D eigenvalue weighted by Gasteiger charge is 2.62. The number of hydrogen-bond donors (Lipinski definition) is 3. The number of nitrogens with zero attached hydrogens (tertiary/aromatic N) is 2. The molecule has 2 saturated heterocycles. The van der Waals surface area contributed by atoms with Crippen LogP contribution < -0.4 is 10.9 Å². The average molecular weight is 386 g/mol. The molecule has 0 aromatic heterocycles. The molecule has 2 atom stereocenters. The fourth-order valence-corrected chi connectivity index (χ4v) is 2.81. The molecule has 0 aromatic rings. The third-order valence-electron chi connectivity index (χ3n) is 3.73. The zero-order valence-electron chi connectivity index (χ0n) is 13.1. The molecule has 2 unspecified atom stereocenters. The van der Waals surface area contributed by atoms with Crippen molar-refractivity contribution in [3.63, 3.8) is 0 Å². The van der Waals surface area contributed by atoms with Gasteiger partial charge in [0.2, 0.25) is 5.91 Å². The van der Waals surface area contributed by atoms with Gasteiger partial charge in [0.05, 0.1) is 6.54 Å². The second-order valence-electron chi connectivity index (χ2n) is 5.89. The molecule has 0 saturated carbocycles. The van der Waals surface area contributed by atoms with Crippen molar-refractivity contribution in [3.05, 3.63) is 0 Å². The number of urea groups is 1. The smallest absolute Gasteiger partial charge is 0.308 e. The summed E-state index contributed by atoms with van der Waals surface area (Å²) in [5.41, 5.74) is 3.97. The fourth-order valence-electron chi connectivity index (χ4n) is 2.44. The topological polar surface area (TPSA) is 145 Å². The summed E-state index contributed by atoms with van der Waals surface area (Å²) < 4.78 is 62.4. The van der Waals surface area contributed by atoms with E-state index in [1.54, 1.807) is 0 Å². The summed E-state index contributed by atoms with van der Waals surface area (Å²) >= 11 is 0. The van der Waals surface area contributed by atoms with Gasteiger partial charge in [-0.15, -0.1) is 4.28 Å². The number of carbonyl (C=O) groups is 3. The van der Waals surface area contributed by atoms with Crippen molar-refractivity contribution in [2.24, 2.45) is 5.92 Å². The summed E-state index contributed by atoms with van der Waals surface area (Å²) in [6.07, 6.45) is -1.11. The normalized spacial score (nSPS) is 25.3. The summed E-state index contributed by atoms with van der Waals surface area (Å²) in [6.45, 7) is 2.38. The lowest BCUT2D eigenvalue weighted by Crippen LogP contribution is -2.58. The first-order valence-electron chi connectivity index (χ1n) is 7.08. The Labute approximate surface area is 141 Å². The van der Waals surface area contributed by atoms with Crippen LogP contribution in [0.1, 0.15) is 20.3 Å². The summed E-state index contributed by atoms with van der Waals surface area (Å²) in [5.74, 6) is -5.80. The average Bonchev–Trinajstić information content (AvgIpc) is 2.74. The van der Waals surface area contributed by atoms with Crippen molar-refractivity contribution in [2.75, 3.05) is 6.54 Å². The molecule has 0 radical (unpaired) electrons. The Morgan fingerprint density at radius 3 is 2.48 bits per heavy atom. The van der Waals surface area contributed by atoms with Gasteiger partial charge in [0.15, 0.2) is 0 Å². The molecule has 2 aliphatic heterocycles. The predicted octanol–water partition coefficient (Wildman–Crippen LogP) is -0.962. The van der Waals surface area contributed by atoms with E-state index in [1.165, 1.54) is 13.8 Å². The molecule has 2 rings (SSSR count). The second kappa shape index (κ2) is 6.34. The van der Waals surface area contributed by atoms with Gasteiger partial charge < -0.3 is 4.90 Å². The van der Waals surface area contributed by atoms with Gasteiger partial charge in [-0.2, -0.15) is 13.5 Å². The minimum atomic E-state index is -5.21. The molecule has 2 aliphatic rings. The van der Waals surface area contributed by atoms with E-state index in [0.29, 0.717) is 4.90 Å². The highest BCUT2D eigenvalue weighted by atomic mass is 32.3. The van der Waals surface area contributed by atoms with Gasteiger partial charge >= 0.3 is 16.4 Å².